The number of para-hydroxylation sites is 1. The Kier molecular flexibility index (Phi) is 5.92. The molecule has 0 fully saturated rings. The van der Waals surface area contributed by atoms with Crippen molar-refractivity contribution in [3.05, 3.63) is 65.7 Å². The van der Waals surface area contributed by atoms with Crippen LogP contribution in [0.2, 0.25) is 0 Å². The predicted molar refractivity (Wildman–Crippen MR) is 115 cm³/mol. The van der Waals surface area contributed by atoms with Crippen molar-refractivity contribution in [1.29, 1.82) is 0 Å². The normalized spacial score (nSPS) is 16.8. The number of carbonyl (C=O) groups is 1. The number of aromatic nitrogens is 2. The first-order valence-electron chi connectivity index (χ1n) is 9.39. The Morgan fingerprint density at radius 3 is 2.79 bits per heavy atom. The molecular weight excluding hydrogens is 388 g/mol. The fourth-order valence-electron chi connectivity index (χ4n) is 3.35. The smallest absolute Gasteiger partial charge is 0.233 e. The summed E-state index contributed by atoms with van der Waals surface area (Å²) in [5.41, 5.74) is 3.57. The standard InChI is InChI=1S/C21H22N4OS2/c1-14(19(26)23-18-13-7-9-15-8-5-6-12-17(15)18)27-21-25-24-20(28-21)22-16-10-3-2-4-11-16/h2-6,8,10-12,14,18H,7,9,13H2,1H3,(H,22,24)(H,23,26)/t14-,18+/m0/s1. The Labute approximate surface area is 173 Å². The second-order valence-electron chi connectivity index (χ2n) is 6.78. The quantitative estimate of drug-likeness (QED) is 0.563. The number of benzene rings is 2. The van der Waals surface area contributed by atoms with E-state index in [1.807, 2.05) is 43.3 Å². The molecule has 2 N–H and O–H groups in total. The third-order valence-electron chi connectivity index (χ3n) is 4.76. The van der Waals surface area contributed by atoms with Crippen LogP contribution in [-0.4, -0.2) is 21.4 Å². The molecule has 0 radical (unpaired) electrons. The molecule has 0 aliphatic heterocycles. The number of carbonyl (C=O) groups excluding carboxylic acids is 1. The Morgan fingerprint density at radius 2 is 1.93 bits per heavy atom. The molecule has 1 heterocycles. The summed E-state index contributed by atoms with van der Waals surface area (Å²) in [4.78, 5) is 12.7. The van der Waals surface area contributed by atoms with Crippen molar-refractivity contribution in [1.82, 2.24) is 15.5 Å². The maximum Gasteiger partial charge on any atom is 0.233 e. The van der Waals surface area contributed by atoms with E-state index in [-0.39, 0.29) is 17.2 Å². The van der Waals surface area contributed by atoms with Gasteiger partial charge in [0.15, 0.2) is 4.34 Å². The van der Waals surface area contributed by atoms with E-state index in [0.29, 0.717) is 0 Å². The first kappa shape index (κ1) is 19.0. The van der Waals surface area contributed by atoms with E-state index in [4.69, 9.17) is 0 Å². The number of nitrogens with zero attached hydrogens (tertiary/aromatic N) is 2. The van der Waals surface area contributed by atoms with Crippen molar-refractivity contribution in [2.24, 2.45) is 0 Å². The summed E-state index contributed by atoms with van der Waals surface area (Å²) in [6.45, 7) is 1.92. The zero-order valence-electron chi connectivity index (χ0n) is 15.6. The van der Waals surface area contributed by atoms with Crippen LogP contribution < -0.4 is 10.6 Å². The zero-order valence-corrected chi connectivity index (χ0v) is 17.2. The van der Waals surface area contributed by atoms with Crippen LogP contribution in [-0.2, 0) is 11.2 Å². The molecule has 28 heavy (non-hydrogen) atoms. The lowest BCUT2D eigenvalue weighted by Gasteiger charge is -2.27. The van der Waals surface area contributed by atoms with Gasteiger partial charge in [0.2, 0.25) is 11.0 Å². The Balaban J connectivity index is 1.35. The maximum absolute atomic E-state index is 12.7. The van der Waals surface area contributed by atoms with Crippen molar-refractivity contribution in [3.8, 4) is 0 Å². The molecule has 2 aromatic carbocycles. The SMILES string of the molecule is C[C@H](Sc1nnc(Nc2ccccc2)s1)C(=O)N[C@@H]1CCCc2ccccc21. The highest BCUT2D eigenvalue weighted by molar-refractivity contribution is 8.02. The monoisotopic (exact) mass is 410 g/mol. The fraction of sp³-hybridized carbons (Fsp3) is 0.286. The van der Waals surface area contributed by atoms with Crippen LogP contribution >= 0.6 is 23.1 Å². The van der Waals surface area contributed by atoms with Gasteiger partial charge in [-0.1, -0.05) is 65.6 Å². The number of hydrogen-bond donors (Lipinski definition) is 2. The molecule has 1 aliphatic carbocycles. The lowest BCUT2D eigenvalue weighted by atomic mass is 9.88. The molecule has 1 aliphatic rings. The minimum atomic E-state index is -0.230. The van der Waals surface area contributed by atoms with E-state index in [1.54, 1.807) is 0 Å². The van der Waals surface area contributed by atoms with Gasteiger partial charge in [-0.15, -0.1) is 10.2 Å². The van der Waals surface area contributed by atoms with Crippen molar-refractivity contribution in [2.75, 3.05) is 5.32 Å². The highest BCUT2D eigenvalue weighted by atomic mass is 32.2. The minimum Gasteiger partial charge on any atom is -0.348 e. The van der Waals surface area contributed by atoms with Gasteiger partial charge in [-0.05, 0) is 49.4 Å². The molecule has 1 aromatic heterocycles. The molecule has 7 heteroatoms. The fourth-order valence-corrected chi connectivity index (χ4v) is 5.28. The van der Waals surface area contributed by atoms with Gasteiger partial charge in [0, 0.05) is 5.69 Å². The van der Waals surface area contributed by atoms with E-state index in [1.165, 1.54) is 34.2 Å². The molecule has 0 saturated carbocycles. The summed E-state index contributed by atoms with van der Waals surface area (Å²) in [6.07, 6.45) is 3.19. The number of nitrogens with one attached hydrogen (secondary N) is 2. The number of rotatable bonds is 6. The summed E-state index contributed by atoms with van der Waals surface area (Å²) in [7, 11) is 0. The van der Waals surface area contributed by atoms with Crippen LogP contribution in [0, 0.1) is 0 Å². The number of thioether (sulfide) groups is 1. The molecular formula is C21H22N4OS2. The van der Waals surface area contributed by atoms with E-state index in [2.05, 4.69) is 39.0 Å². The molecule has 0 spiro atoms. The molecule has 2 atom stereocenters. The number of fused-ring (bicyclic) bond motifs is 1. The van der Waals surface area contributed by atoms with Gasteiger partial charge in [0.1, 0.15) is 0 Å². The second kappa shape index (κ2) is 8.75. The van der Waals surface area contributed by atoms with Crippen LogP contribution in [0.3, 0.4) is 0 Å². The van der Waals surface area contributed by atoms with Crippen molar-refractivity contribution < 1.29 is 4.79 Å². The van der Waals surface area contributed by atoms with Crippen LogP contribution in [0.1, 0.15) is 36.9 Å². The first-order chi connectivity index (χ1) is 13.7. The van der Waals surface area contributed by atoms with Gasteiger partial charge in [-0.2, -0.15) is 0 Å². The molecule has 4 rings (SSSR count). The average Bonchev–Trinajstić information content (AvgIpc) is 3.15. The first-order valence-corrected chi connectivity index (χ1v) is 11.1. The zero-order chi connectivity index (χ0) is 19.3. The predicted octanol–water partition coefficient (Wildman–Crippen LogP) is 4.96. The highest BCUT2D eigenvalue weighted by Gasteiger charge is 2.24. The van der Waals surface area contributed by atoms with Crippen LogP contribution in [0.15, 0.2) is 58.9 Å². The van der Waals surface area contributed by atoms with Gasteiger partial charge in [0.05, 0.1) is 11.3 Å². The molecule has 5 nitrogen and oxygen atoms in total. The van der Waals surface area contributed by atoms with E-state index in [9.17, 15) is 4.79 Å². The van der Waals surface area contributed by atoms with Crippen LogP contribution in [0.4, 0.5) is 10.8 Å². The van der Waals surface area contributed by atoms with Gasteiger partial charge < -0.3 is 10.6 Å². The number of aryl methyl sites for hydroxylation is 1. The summed E-state index contributed by atoms with van der Waals surface area (Å²) >= 11 is 2.90. The number of hydrogen-bond acceptors (Lipinski definition) is 6. The maximum atomic E-state index is 12.7. The van der Waals surface area contributed by atoms with E-state index in [0.717, 1.165) is 34.4 Å². The lowest BCUT2D eigenvalue weighted by Crippen LogP contribution is -2.35. The molecule has 3 aromatic rings. The van der Waals surface area contributed by atoms with Crippen LogP contribution in [0.25, 0.3) is 0 Å². The van der Waals surface area contributed by atoms with Crippen LogP contribution in [0.5, 0.6) is 0 Å². The van der Waals surface area contributed by atoms with E-state index < -0.39 is 0 Å². The summed E-state index contributed by atoms with van der Waals surface area (Å²) in [5, 5.41) is 15.3. The summed E-state index contributed by atoms with van der Waals surface area (Å²) < 4.78 is 0.783. The summed E-state index contributed by atoms with van der Waals surface area (Å²) in [6, 6.07) is 18.4. The van der Waals surface area contributed by atoms with Gasteiger partial charge in [-0.3, -0.25) is 4.79 Å². The number of amides is 1. The van der Waals surface area contributed by atoms with Gasteiger partial charge >= 0.3 is 0 Å². The average molecular weight is 411 g/mol. The molecule has 144 valence electrons. The van der Waals surface area contributed by atoms with Gasteiger partial charge in [-0.25, -0.2) is 0 Å². The number of anilines is 2. The topological polar surface area (TPSA) is 66.9 Å². The lowest BCUT2D eigenvalue weighted by molar-refractivity contribution is -0.121. The Morgan fingerprint density at radius 1 is 1.14 bits per heavy atom. The third-order valence-corrected chi connectivity index (χ3v) is 6.79. The molecule has 1 amide bonds. The third kappa shape index (κ3) is 4.54. The van der Waals surface area contributed by atoms with Crippen molar-refractivity contribution >= 4 is 39.8 Å². The van der Waals surface area contributed by atoms with Gasteiger partial charge in [0.25, 0.3) is 0 Å². The largest absolute Gasteiger partial charge is 0.348 e. The summed E-state index contributed by atoms with van der Waals surface area (Å²) in [5.74, 6) is 0.0412. The minimum absolute atomic E-state index is 0.0412. The molecule has 0 bridgehead atoms. The Bertz CT molecular complexity index is 944. The van der Waals surface area contributed by atoms with E-state index >= 15 is 0 Å². The van der Waals surface area contributed by atoms with Crippen molar-refractivity contribution in [3.63, 3.8) is 0 Å². The molecule has 0 saturated heterocycles. The second-order valence-corrected chi connectivity index (χ2v) is 9.34. The van der Waals surface area contributed by atoms with Crippen molar-refractivity contribution in [2.45, 2.75) is 41.8 Å². The molecule has 0 unspecified atom stereocenters. The highest BCUT2D eigenvalue weighted by Crippen LogP contribution is 2.32. The Hall–Kier alpha value is -2.38.